The Balaban J connectivity index is 2.75. The largest absolute Gasteiger partial charge is 0.446 e. The lowest BCUT2D eigenvalue weighted by atomic mass is 10.5. The van der Waals surface area contributed by atoms with Gasteiger partial charge in [-0.15, -0.1) is 0 Å². The van der Waals surface area contributed by atoms with E-state index in [9.17, 15) is 4.39 Å². The number of rotatable bonds is 2. The zero-order chi connectivity index (χ0) is 7.40. The molecule has 0 saturated heterocycles. The standard InChI is InChI=1S/C6H5BrFNO/c7-5-1-2-9-6(3-5)10-4-8/h1-3H,4H2. The summed E-state index contributed by atoms with van der Waals surface area (Å²) in [4.78, 5) is 3.74. The molecule has 0 aromatic carbocycles. The first-order chi connectivity index (χ1) is 4.83. The van der Waals surface area contributed by atoms with Crippen LogP contribution in [-0.4, -0.2) is 11.8 Å². The molecule has 54 valence electrons. The van der Waals surface area contributed by atoms with Crippen LogP contribution in [0.4, 0.5) is 4.39 Å². The number of ether oxygens (including phenoxy) is 1. The van der Waals surface area contributed by atoms with Gasteiger partial charge >= 0.3 is 0 Å². The van der Waals surface area contributed by atoms with Crippen molar-refractivity contribution in [1.29, 1.82) is 0 Å². The van der Waals surface area contributed by atoms with Gasteiger partial charge in [0.1, 0.15) is 0 Å². The molecule has 1 aromatic heterocycles. The van der Waals surface area contributed by atoms with E-state index in [4.69, 9.17) is 0 Å². The Morgan fingerprint density at radius 3 is 3.10 bits per heavy atom. The zero-order valence-corrected chi connectivity index (χ0v) is 6.64. The molecule has 0 amide bonds. The highest BCUT2D eigenvalue weighted by Gasteiger charge is 1.93. The number of alkyl halides is 1. The van der Waals surface area contributed by atoms with E-state index in [1.165, 1.54) is 6.20 Å². The lowest BCUT2D eigenvalue weighted by Gasteiger charge is -1.97. The van der Waals surface area contributed by atoms with E-state index < -0.39 is 6.86 Å². The molecule has 10 heavy (non-hydrogen) atoms. The maximum absolute atomic E-state index is 11.5. The number of halogens is 2. The molecule has 1 aromatic rings. The predicted molar refractivity (Wildman–Crippen MR) is 38.5 cm³/mol. The smallest absolute Gasteiger partial charge is 0.230 e. The molecule has 2 nitrogen and oxygen atoms in total. The fourth-order valence-corrected chi connectivity index (χ4v) is 0.834. The number of nitrogens with zero attached hydrogens (tertiary/aromatic N) is 1. The summed E-state index contributed by atoms with van der Waals surface area (Å²) in [6, 6.07) is 3.34. The lowest BCUT2D eigenvalue weighted by molar-refractivity contribution is 0.184. The second-order valence-electron chi connectivity index (χ2n) is 1.57. The van der Waals surface area contributed by atoms with Gasteiger partial charge in [0.25, 0.3) is 0 Å². The summed E-state index contributed by atoms with van der Waals surface area (Å²) in [5.74, 6) is 0.289. The molecule has 1 heterocycles. The van der Waals surface area contributed by atoms with E-state index in [2.05, 4.69) is 25.7 Å². The second-order valence-corrected chi connectivity index (χ2v) is 2.48. The Morgan fingerprint density at radius 2 is 2.50 bits per heavy atom. The van der Waals surface area contributed by atoms with Crippen molar-refractivity contribution in [3.63, 3.8) is 0 Å². The zero-order valence-electron chi connectivity index (χ0n) is 5.05. The van der Waals surface area contributed by atoms with Gasteiger partial charge in [-0.2, -0.15) is 0 Å². The summed E-state index contributed by atoms with van der Waals surface area (Å²) in [6.45, 7) is -0.844. The van der Waals surface area contributed by atoms with Crippen molar-refractivity contribution >= 4 is 15.9 Å². The molecule has 0 aliphatic heterocycles. The Hall–Kier alpha value is -0.640. The monoisotopic (exact) mass is 205 g/mol. The van der Waals surface area contributed by atoms with Gasteiger partial charge in [-0.1, -0.05) is 15.9 Å². The van der Waals surface area contributed by atoms with Crippen LogP contribution < -0.4 is 4.74 Å². The molecule has 0 radical (unpaired) electrons. The van der Waals surface area contributed by atoms with Gasteiger partial charge in [-0.3, -0.25) is 0 Å². The molecular formula is C6H5BrFNO. The van der Waals surface area contributed by atoms with Crippen LogP contribution >= 0.6 is 15.9 Å². The van der Waals surface area contributed by atoms with Crippen LogP contribution in [0.5, 0.6) is 5.88 Å². The average Bonchev–Trinajstić information content (AvgIpc) is 1.88. The minimum absolute atomic E-state index is 0.289. The van der Waals surface area contributed by atoms with Gasteiger partial charge in [-0.25, -0.2) is 9.37 Å². The van der Waals surface area contributed by atoms with Gasteiger partial charge in [0.2, 0.25) is 12.7 Å². The summed E-state index contributed by atoms with van der Waals surface area (Å²) >= 11 is 3.19. The quantitative estimate of drug-likeness (QED) is 0.739. The van der Waals surface area contributed by atoms with Crippen molar-refractivity contribution in [2.45, 2.75) is 0 Å². The van der Waals surface area contributed by atoms with Gasteiger partial charge in [-0.05, 0) is 6.07 Å². The van der Waals surface area contributed by atoms with Crippen LogP contribution in [0.2, 0.25) is 0 Å². The number of pyridine rings is 1. The summed E-state index contributed by atoms with van der Waals surface area (Å²) in [5.41, 5.74) is 0. The molecule has 1 rings (SSSR count). The Bertz CT molecular complexity index is 219. The SMILES string of the molecule is FCOc1cc(Br)ccn1. The van der Waals surface area contributed by atoms with E-state index in [1.54, 1.807) is 12.1 Å². The van der Waals surface area contributed by atoms with Crippen molar-refractivity contribution in [3.8, 4) is 5.88 Å². The third kappa shape index (κ3) is 1.95. The van der Waals surface area contributed by atoms with Crippen molar-refractivity contribution in [2.24, 2.45) is 0 Å². The minimum atomic E-state index is -0.844. The molecule has 0 N–H and O–H groups in total. The first kappa shape index (κ1) is 7.47. The number of aromatic nitrogens is 1. The minimum Gasteiger partial charge on any atom is -0.446 e. The molecule has 4 heteroatoms. The third-order valence-corrected chi connectivity index (χ3v) is 1.39. The second kappa shape index (κ2) is 3.51. The van der Waals surface area contributed by atoms with Crippen molar-refractivity contribution in [1.82, 2.24) is 4.98 Å². The summed E-state index contributed by atoms with van der Waals surface area (Å²) < 4.78 is 16.8. The topological polar surface area (TPSA) is 22.1 Å². The summed E-state index contributed by atoms with van der Waals surface area (Å²) in [6.07, 6.45) is 1.54. The third-order valence-electron chi connectivity index (χ3n) is 0.899. The van der Waals surface area contributed by atoms with Gasteiger partial charge in [0.05, 0.1) is 0 Å². The van der Waals surface area contributed by atoms with E-state index in [1.807, 2.05) is 0 Å². The predicted octanol–water partition coefficient (Wildman–Crippen LogP) is 2.15. The Morgan fingerprint density at radius 1 is 1.70 bits per heavy atom. The van der Waals surface area contributed by atoms with Crippen LogP contribution in [0.3, 0.4) is 0 Å². The molecule has 0 spiro atoms. The molecule has 0 aliphatic carbocycles. The molecule has 0 atom stereocenters. The van der Waals surface area contributed by atoms with E-state index in [-0.39, 0.29) is 5.88 Å². The van der Waals surface area contributed by atoms with Crippen LogP contribution in [0.25, 0.3) is 0 Å². The molecular weight excluding hydrogens is 201 g/mol. The Labute approximate surface area is 66.2 Å². The average molecular weight is 206 g/mol. The Kier molecular flexibility index (Phi) is 2.62. The first-order valence-corrected chi connectivity index (χ1v) is 3.42. The highest BCUT2D eigenvalue weighted by molar-refractivity contribution is 9.10. The van der Waals surface area contributed by atoms with Crippen molar-refractivity contribution in [2.75, 3.05) is 6.86 Å². The first-order valence-electron chi connectivity index (χ1n) is 2.63. The molecule has 0 saturated carbocycles. The summed E-state index contributed by atoms with van der Waals surface area (Å²) in [7, 11) is 0. The van der Waals surface area contributed by atoms with Crippen molar-refractivity contribution in [3.05, 3.63) is 22.8 Å². The van der Waals surface area contributed by atoms with Gasteiger partial charge in [0, 0.05) is 16.7 Å². The maximum Gasteiger partial charge on any atom is 0.230 e. The molecule has 0 bridgehead atoms. The van der Waals surface area contributed by atoms with Gasteiger partial charge < -0.3 is 4.74 Å². The fraction of sp³-hybridized carbons (Fsp3) is 0.167. The summed E-state index contributed by atoms with van der Waals surface area (Å²) in [5, 5.41) is 0. The van der Waals surface area contributed by atoms with E-state index in [0.29, 0.717) is 0 Å². The molecule has 0 aliphatic rings. The van der Waals surface area contributed by atoms with Crippen LogP contribution in [0.15, 0.2) is 22.8 Å². The highest BCUT2D eigenvalue weighted by Crippen LogP contribution is 2.14. The fourth-order valence-electron chi connectivity index (χ4n) is 0.520. The lowest BCUT2D eigenvalue weighted by Crippen LogP contribution is -1.91. The number of hydrogen-bond acceptors (Lipinski definition) is 2. The van der Waals surface area contributed by atoms with E-state index >= 15 is 0 Å². The maximum atomic E-state index is 11.5. The number of hydrogen-bond donors (Lipinski definition) is 0. The van der Waals surface area contributed by atoms with E-state index in [0.717, 1.165) is 4.47 Å². The normalized spacial score (nSPS) is 9.40. The van der Waals surface area contributed by atoms with Crippen LogP contribution in [-0.2, 0) is 0 Å². The van der Waals surface area contributed by atoms with Gasteiger partial charge in [0.15, 0.2) is 0 Å². The van der Waals surface area contributed by atoms with Crippen LogP contribution in [0.1, 0.15) is 0 Å². The molecule has 0 fully saturated rings. The highest BCUT2D eigenvalue weighted by atomic mass is 79.9. The van der Waals surface area contributed by atoms with Crippen molar-refractivity contribution < 1.29 is 9.13 Å². The van der Waals surface area contributed by atoms with Crippen LogP contribution in [0, 0.1) is 0 Å². The molecule has 0 unspecified atom stereocenters.